The van der Waals surface area contributed by atoms with Crippen LogP contribution in [0.1, 0.15) is 5.56 Å². The molecule has 0 fully saturated rings. The molecule has 0 radical (unpaired) electrons. The van der Waals surface area contributed by atoms with Crippen LogP contribution in [0.25, 0.3) is 22.2 Å². The molecule has 4 nitrogen and oxygen atoms in total. The zero-order valence-corrected chi connectivity index (χ0v) is 12.9. The Balaban J connectivity index is 2.44. The summed E-state index contributed by atoms with van der Waals surface area (Å²) in [5, 5.41) is 1.03. The van der Waals surface area contributed by atoms with Crippen molar-refractivity contribution in [2.45, 2.75) is 6.92 Å². The summed E-state index contributed by atoms with van der Waals surface area (Å²) >= 11 is 5.97. The quantitative estimate of drug-likeness (QED) is 0.674. The number of halogens is 2. The van der Waals surface area contributed by atoms with E-state index in [1.54, 1.807) is 25.4 Å². The molecule has 0 saturated heterocycles. The number of aryl methyl sites for hydroxylation is 2. The minimum absolute atomic E-state index is 0.00407. The van der Waals surface area contributed by atoms with Crippen molar-refractivity contribution < 1.29 is 3.89 Å². The summed E-state index contributed by atoms with van der Waals surface area (Å²) < 4.78 is 15.6. The van der Waals surface area contributed by atoms with Crippen LogP contribution in [-0.2, 0) is 7.05 Å². The Kier molecular flexibility index (Phi) is 3.51. The molecular weight excluding hydrogens is 313 g/mol. The first-order valence-electron chi connectivity index (χ1n) is 6.16. The van der Waals surface area contributed by atoms with E-state index in [0.717, 1.165) is 11.1 Å². The van der Waals surface area contributed by atoms with Crippen molar-refractivity contribution >= 4 is 34.8 Å². The van der Waals surface area contributed by atoms with Gasteiger partial charge in [-0.15, -0.1) is 3.89 Å². The highest BCUT2D eigenvalue weighted by Gasteiger charge is 2.16. The molecule has 0 amide bonds. The Labute approximate surface area is 129 Å². The van der Waals surface area contributed by atoms with Gasteiger partial charge in [0.25, 0.3) is 5.56 Å². The van der Waals surface area contributed by atoms with Gasteiger partial charge < -0.3 is 4.57 Å². The number of hydrogen-bond donors (Lipinski definition) is 0. The molecule has 21 heavy (non-hydrogen) atoms. The molecule has 0 aliphatic heterocycles. The second kappa shape index (κ2) is 5.20. The molecule has 7 heteroatoms. The van der Waals surface area contributed by atoms with Crippen LogP contribution in [0.5, 0.6) is 0 Å². The summed E-state index contributed by atoms with van der Waals surface area (Å²) in [6.07, 6.45) is 3.23. The first kappa shape index (κ1) is 14.2. The number of fused-ring (bicyclic) bond motifs is 1. The number of hydrogen-bond acceptors (Lipinski definition) is 3. The van der Waals surface area contributed by atoms with E-state index < -0.39 is 0 Å². The van der Waals surface area contributed by atoms with Crippen LogP contribution in [0.15, 0.2) is 35.4 Å². The van der Waals surface area contributed by atoms with Crippen molar-refractivity contribution in [1.82, 2.24) is 13.5 Å². The zero-order valence-electron chi connectivity index (χ0n) is 11.3. The molecule has 3 aromatic rings. The first-order valence-corrected chi connectivity index (χ1v) is 7.21. The lowest BCUT2D eigenvalue weighted by Gasteiger charge is -2.09. The van der Waals surface area contributed by atoms with Crippen LogP contribution in [-0.4, -0.2) is 13.5 Å². The lowest BCUT2D eigenvalue weighted by atomic mass is 10.1. The van der Waals surface area contributed by atoms with E-state index in [4.69, 9.17) is 11.6 Å². The molecule has 108 valence electrons. The largest absolute Gasteiger partial charge is 0.316 e. The summed E-state index contributed by atoms with van der Waals surface area (Å²) in [5.74, 6) is 0. The normalized spacial score (nSPS) is 11.2. The topological polar surface area (TPSA) is 39.8 Å². The smallest absolute Gasteiger partial charge is 0.275 e. The van der Waals surface area contributed by atoms with E-state index in [2.05, 4.69) is 4.98 Å². The maximum atomic E-state index is 13.0. The number of pyridine rings is 2. The Morgan fingerprint density at radius 2 is 2.10 bits per heavy atom. The van der Waals surface area contributed by atoms with Crippen LogP contribution in [0, 0.1) is 6.92 Å². The van der Waals surface area contributed by atoms with E-state index in [9.17, 15) is 8.68 Å². The average Bonchev–Trinajstić information content (AvgIpc) is 2.90. The maximum Gasteiger partial charge on any atom is 0.275 e. The summed E-state index contributed by atoms with van der Waals surface area (Å²) in [4.78, 5) is 16.6. The van der Waals surface area contributed by atoms with Gasteiger partial charge in [0.05, 0.1) is 5.69 Å². The fourth-order valence-electron chi connectivity index (χ4n) is 2.35. The highest BCUT2D eigenvalue weighted by Crippen LogP contribution is 2.30. The van der Waals surface area contributed by atoms with Crippen molar-refractivity contribution in [2.24, 2.45) is 7.05 Å². The predicted octanol–water partition coefficient (Wildman–Crippen LogP) is 3.74. The highest BCUT2D eigenvalue weighted by molar-refractivity contribution is 7.92. The Morgan fingerprint density at radius 3 is 2.81 bits per heavy atom. The molecule has 0 unspecified atom stereocenters. The fourth-order valence-corrected chi connectivity index (χ4v) is 2.85. The second-order valence-corrected chi connectivity index (χ2v) is 5.65. The van der Waals surface area contributed by atoms with Crippen molar-refractivity contribution in [3.63, 3.8) is 0 Å². The van der Waals surface area contributed by atoms with E-state index in [1.165, 1.54) is 14.7 Å². The van der Waals surface area contributed by atoms with Crippen molar-refractivity contribution in [3.8, 4) is 11.3 Å². The van der Waals surface area contributed by atoms with Crippen LogP contribution in [0.3, 0.4) is 0 Å². The Hall–Kier alpha value is -1.79. The van der Waals surface area contributed by atoms with Gasteiger partial charge in [0.2, 0.25) is 0 Å². The second-order valence-electron chi connectivity index (χ2n) is 4.73. The third-order valence-corrected chi connectivity index (χ3v) is 4.04. The molecule has 0 aliphatic rings. The SMILES string of the molecule is Cc1ccc(Cl)nc1-c1cn(C)c(=O)c2c1ccn2SF. The zero-order chi connectivity index (χ0) is 15.1. The monoisotopic (exact) mass is 323 g/mol. The van der Waals surface area contributed by atoms with Crippen LogP contribution in [0.2, 0.25) is 5.15 Å². The molecule has 0 bridgehead atoms. The molecule has 0 spiro atoms. The molecule has 0 N–H and O–H groups in total. The lowest BCUT2D eigenvalue weighted by molar-refractivity contribution is 0.866. The van der Waals surface area contributed by atoms with Crippen molar-refractivity contribution in [2.75, 3.05) is 0 Å². The predicted molar refractivity (Wildman–Crippen MR) is 84.3 cm³/mol. The van der Waals surface area contributed by atoms with E-state index in [1.807, 2.05) is 13.0 Å². The third-order valence-electron chi connectivity index (χ3n) is 3.38. The summed E-state index contributed by atoms with van der Waals surface area (Å²) in [6.45, 7) is 1.91. The summed E-state index contributed by atoms with van der Waals surface area (Å²) in [6, 6.07) is 5.28. The van der Waals surface area contributed by atoms with Gasteiger partial charge in [-0.25, -0.2) is 4.98 Å². The molecule has 3 aromatic heterocycles. The van der Waals surface area contributed by atoms with E-state index in [0.29, 0.717) is 21.7 Å². The minimum atomic E-state index is -0.261. The van der Waals surface area contributed by atoms with E-state index >= 15 is 0 Å². The molecule has 0 saturated carbocycles. The van der Waals surface area contributed by atoms with Gasteiger partial charge >= 0.3 is 0 Å². The highest BCUT2D eigenvalue weighted by atomic mass is 35.5. The van der Waals surface area contributed by atoms with E-state index in [-0.39, 0.29) is 17.9 Å². The van der Waals surface area contributed by atoms with Gasteiger partial charge in [0, 0.05) is 30.4 Å². The molecule has 0 atom stereocenters. The minimum Gasteiger partial charge on any atom is -0.316 e. The molecule has 0 aromatic carbocycles. The van der Waals surface area contributed by atoms with Crippen molar-refractivity contribution in [1.29, 1.82) is 0 Å². The van der Waals surface area contributed by atoms with Gasteiger partial charge in [-0.2, -0.15) is 0 Å². The number of rotatable bonds is 2. The molecule has 3 heterocycles. The van der Waals surface area contributed by atoms with Gasteiger partial charge in [-0.05, 0) is 24.6 Å². The molecule has 3 rings (SSSR count). The molecular formula is C14H11ClFN3OS. The molecule has 0 aliphatic carbocycles. The number of nitrogens with zero attached hydrogens (tertiary/aromatic N) is 3. The van der Waals surface area contributed by atoms with Crippen molar-refractivity contribution in [3.05, 3.63) is 51.7 Å². The third kappa shape index (κ3) is 2.24. The average molecular weight is 324 g/mol. The lowest BCUT2D eigenvalue weighted by Crippen LogP contribution is -2.18. The maximum absolute atomic E-state index is 13.0. The standard InChI is InChI=1S/C14H11ClFN3OS/c1-8-3-4-11(15)17-12(8)10-7-18(2)14(20)13-9(10)5-6-19(13)21-16/h3-7H,1-2H3. The Bertz CT molecular complexity index is 903. The van der Waals surface area contributed by atoms with Gasteiger partial charge in [0.15, 0.2) is 12.3 Å². The van der Waals surface area contributed by atoms with Gasteiger partial charge in [-0.3, -0.25) is 8.77 Å². The fraction of sp³-hybridized carbons (Fsp3) is 0.143. The number of aromatic nitrogens is 3. The Morgan fingerprint density at radius 1 is 1.33 bits per heavy atom. The summed E-state index contributed by atoms with van der Waals surface area (Å²) in [5.41, 5.74) is 2.40. The van der Waals surface area contributed by atoms with Gasteiger partial charge in [-0.1, -0.05) is 17.7 Å². The van der Waals surface area contributed by atoms with Crippen LogP contribution < -0.4 is 5.56 Å². The van der Waals surface area contributed by atoms with Gasteiger partial charge in [0.1, 0.15) is 10.7 Å². The first-order chi connectivity index (χ1) is 10.0. The summed E-state index contributed by atoms with van der Waals surface area (Å²) in [7, 11) is 1.63. The van der Waals surface area contributed by atoms with Crippen LogP contribution in [0.4, 0.5) is 3.89 Å². The van der Waals surface area contributed by atoms with Crippen LogP contribution >= 0.6 is 23.9 Å².